The molecule has 5 nitrogen and oxygen atoms in total. The summed E-state index contributed by atoms with van der Waals surface area (Å²) in [7, 11) is 2.31. The Labute approximate surface area is 169 Å². The lowest BCUT2D eigenvalue weighted by molar-refractivity contribution is -0.950. The number of carbonyl (C=O) groups is 1. The number of halogens is 1. The second kappa shape index (κ2) is 5.28. The molecular formula is C21H26BrNO4. The number of hydrogen-bond donors (Lipinski definition) is 2. The molecule has 2 aliphatic heterocycles. The van der Waals surface area contributed by atoms with E-state index in [0.717, 1.165) is 47.5 Å². The Bertz CT molecular complexity index is 855. The number of likely N-dealkylation sites (N-methyl/N-ethyl adjacent to an activating group) is 1. The number of benzene rings is 1. The third-order valence-electron chi connectivity index (χ3n) is 8.28. The van der Waals surface area contributed by atoms with Crippen LogP contribution in [0.25, 0.3) is 0 Å². The van der Waals surface area contributed by atoms with Gasteiger partial charge in [0.05, 0.1) is 25.6 Å². The molecule has 2 bridgehead atoms. The highest BCUT2D eigenvalue weighted by atomic mass is 79.9. The number of nitrogens with zero attached hydrogens (tertiary/aromatic N) is 1. The van der Waals surface area contributed by atoms with E-state index in [4.69, 9.17) is 4.74 Å². The van der Waals surface area contributed by atoms with E-state index in [0.29, 0.717) is 18.6 Å². The molecule has 3 fully saturated rings. The predicted molar refractivity (Wildman–Crippen MR) is 94.1 cm³/mol. The molecule has 1 aromatic rings. The first-order chi connectivity index (χ1) is 12.4. The zero-order valence-corrected chi connectivity index (χ0v) is 17.2. The van der Waals surface area contributed by atoms with Crippen LogP contribution in [0.15, 0.2) is 12.1 Å². The number of Topliss-reactive ketones (excluding diaryl/α,β-unsaturated/α-hetero) is 1. The van der Waals surface area contributed by atoms with Crippen molar-refractivity contribution in [1.29, 1.82) is 0 Å². The van der Waals surface area contributed by atoms with Crippen LogP contribution in [0.3, 0.4) is 0 Å². The van der Waals surface area contributed by atoms with Gasteiger partial charge in [-0.2, -0.15) is 0 Å². The van der Waals surface area contributed by atoms with Gasteiger partial charge in [-0.3, -0.25) is 4.79 Å². The maximum absolute atomic E-state index is 12.8. The molecule has 3 aliphatic carbocycles. The van der Waals surface area contributed by atoms with E-state index in [1.54, 1.807) is 6.07 Å². The summed E-state index contributed by atoms with van der Waals surface area (Å²) in [6, 6.07) is 3.77. The Hall–Kier alpha value is -1.11. The molecule has 0 radical (unpaired) electrons. The van der Waals surface area contributed by atoms with Crippen LogP contribution in [0.4, 0.5) is 0 Å². The molecule has 2 heterocycles. The average molecular weight is 436 g/mol. The van der Waals surface area contributed by atoms with Crippen molar-refractivity contribution in [2.75, 3.05) is 20.1 Å². The Kier molecular flexibility index (Phi) is 3.51. The molecular weight excluding hydrogens is 410 g/mol. The summed E-state index contributed by atoms with van der Waals surface area (Å²) in [5.74, 6) is 1.42. The SMILES string of the molecule is C[N@+]1(CC2CC2)CCC23c4c5ccc(O)c4O[C@H]2C(=O)CC[C@@]3(O)[C@H]1C5.[Br-]. The largest absolute Gasteiger partial charge is 1.00 e. The number of hydrogen-bond acceptors (Lipinski definition) is 4. The molecule has 1 unspecified atom stereocenters. The molecule has 2 saturated carbocycles. The van der Waals surface area contributed by atoms with Crippen LogP contribution in [0.2, 0.25) is 0 Å². The summed E-state index contributed by atoms with van der Waals surface area (Å²) in [4.78, 5) is 12.8. The van der Waals surface area contributed by atoms with Gasteiger partial charge in [-0.15, -0.1) is 0 Å². The van der Waals surface area contributed by atoms with Gasteiger partial charge in [-0.05, 0) is 30.9 Å². The van der Waals surface area contributed by atoms with E-state index in [2.05, 4.69) is 7.05 Å². The summed E-state index contributed by atoms with van der Waals surface area (Å²) >= 11 is 0. The number of piperidine rings is 1. The first-order valence-corrected chi connectivity index (χ1v) is 10.0. The Morgan fingerprint density at radius 2 is 2.07 bits per heavy atom. The summed E-state index contributed by atoms with van der Waals surface area (Å²) in [5.41, 5.74) is 0.492. The van der Waals surface area contributed by atoms with Gasteiger partial charge in [-0.25, -0.2) is 0 Å². The summed E-state index contributed by atoms with van der Waals surface area (Å²) in [5, 5.41) is 22.5. The zero-order valence-electron chi connectivity index (χ0n) is 15.6. The molecule has 1 aromatic carbocycles. The van der Waals surface area contributed by atoms with Crippen molar-refractivity contribution in [3.05, 3.63) is 23.3 Å². The molecule has 5 aliphatic rings. The highest BCUT2D eigenvalue weighted by Gasteiger charge is 2.76. The van der Waals surface area contributed by atoms with E-state index in [1.165, 1.54) is 12.8 Å². The minimum Gasteiger partial charge on any atom is -1.00 e. The first kappa shape index (κ1) is 18.0. The lowest BCUT2D eigenvalue weighted by Crippen LogP contribution is -3.00. The lowest BCUT2D eigenvalue weighted by atomic mass is 9.48. The van der Waals surface area contributed by atoms with Crippen molar-refractivity contribution < 1.29 is 41.2 Å². The molecule has 27 heavy (non-hydrogen) atoms. The van der Waals surface area contributed by atoms with Crippen molar-refractivity contribution in [3.63, 3.8) is 0 Å². The number of quaternary nitrogens is 1. The smallest absolute Gasteiger partial charge is 0.174 e. The molecule has 0 amide bonds. The van der Waals surface area contributed by atoms with Gasteiger partial charge in [-0.1, -0.05) is 6.07 Å². The molecule has 2 N–H and O–H groups in total. The minimum atomic E-state index is -0.931. The van der Waals surface area contributed by atoms with Crippen LogP contribution in [-0.4, -0.2) is 58.4 Å². The van der Waals surface area contributed by atoms with Crippen molar-refractivity contribution in [2.45, 2.75) is 61.7 Å². The van der Waals surface area contributed by atoms with Crippen molar-refractivity contribution in [1.82, 2.24) is 0 Å². The maximum atomic E-state index is 12.8. The van der Waals surface area contributed by atoms with Gasteiger partial charge in [0.15, 0.2) is 23.4 Å². The van der Waals surface area contributed by atoms with E-state index < -0.39 is 17.1 Å². The number of carbonyl (C=O) groups excluding carboxylic acids is 1. The van der Waals surface area contributed by atoms with E-state index in [1.807, 2.05) is 6.07 Å². The maximum Gasteiger partial charge on any atom is 0.174 e. The summed E-state index contributed by atoms with van der Waals surface area (Å²) < 4.78 is 6.98. The first-order valence-electron chi connectivity index (χ1n) is 10.0. The molecule has 1 saturated heterocycles. The number of phenolic OH excluding ortho intramolecular Hbond substituents is 1. The normalized spacial score (nSPS) is 43.6. The molecule has 6 heteroatoms. The third-order valence-corrected chi connectivity index (χ3v) is 8.28. The van der Waals surface area contributed by atoms with E-state index in [9.17, 15) is 15.0 Å². The average Bonchev–Trinajstić information content (AvgIpc) is 3.32. The number of likely N-dealkylation sites (tertiary alicyclic amines) is 1. The highest BCUT2D eigenvalue weighted by molar-refractivity contribution is 5.90. The van der Waals surface area contributed by atoms with Crippen LogP contribution in [0, 0.1) is 5.92 Å². The molecule has 0 aromatic heterocycles. The number of aliphatic hydroxyl groups is 1. The van der Waals surface area contributed by atoms with E-state index in [-0.39, 0.29) is 34.6 Å². The number of aromatic hydroxyl groups is 1. The minimum absolute atomic E-state index is 0. The van der Waals surface area contributed by atoms with Crippen LogP contribution in [0.5, 0.6) is 11.5 Å². The second-order valence-electron chi connectivity index (χ2n) is 9.61. The Balaban J connectivity index is 0.00000160. The zero-order chi connectivity index (χ0) is 17.9. The van der Waals surface area contributed by atoms with Crippen LogP contribution < -0.4 is 21.7 Å². The fraction of sp³-hybridized carbons (Fsp3) is 0.667. The molecule has 146 valence electrons. The number of ether oxygens (including phenoxy) is 1. The molecule has 1 spiro atoms. The Morgan fingerprint density at radius 1 is 1.30 bits per heavy atom. The van der Waals surface area contributed by atoms with Gasteiger partial charge < -0.3 is 36.4 Å². The summed E-state index contributed by atoms with van der Waals surface area (Å²) in [6.07, 6.45) is 4.42. The van der Waals surface area contributed by atoms with Gasteiger partial charge >= 0.3 is 0 Å². The standard InChI is InChI=1S/C21H25NO4.BrH/c1-22(11-12-2-3-12)9-8-20-17-13-4-5-14(23)18(17)26-19(20)15(24)6-7-21(20,25)16(22)10-13;/h4-5,12,16,19,25H,2-3,6-11H2,1H3;1H/t16-,19+,20?,21-,22-;/m1./s1. The fourth-order valence-electron chi connectivity index (χ4n) is 6.94. The lowest BCUT2D eigenvalue weighted by Gasteiger charge is -2.64. The summed E-state index contributed by atoms with van der Waals surface area (Å²) in [6.45, 7) is 2.09. The predicted octanol–water partition coefficient (Wildman–Crippen LogP) is -1.33. The van der Waals surface area contributed by atoms with Crippen molar-refractivity contribution >= 4 is 5.78 Å². The highest BCUT2D eigenvalue weighted by Crippen LogP contribution is 2.65. The number of phenols is 1. The topological polar surface area (TPSA) is 66.8 Å². The Morgan fingerprint density at radius 3 is 2.81 bits per heavy atom. The van der Waals surface area contributed by atoms with Crippen LogP contribution >= 0.6 is 0 Å². The number of rotatable bonds is 2. The van der Waals surface area contributed by atoms with Gasteiger partial charge in [0.2, 0.25) is 0 Å². The van der Waals surface area contributed by atoms with Crippen LogP contribution in [0.1, 0.15) is 43.2 Å². The molecule has 6 rings (SSSR count). The third kappa shape index (κ3) is 1.94. The van der Waals surface area contributed by atoms with E-state index >= 15 is 0 Å². The van der Waals surface area contributed by atoms with Gasteiger partial charge in [0, 0.05) is 30.7 Å². The second-order valence-corrected chi connectivity index (χ2v) is 9.61. The van der Waals surface area contributed by atoms with Crippen LogP contribution in [-0.2, 0) is 16.6 Å². The van der Waals surface area contributed by atoms with Crippen molar-refractivity contribution in [3.8, 4) is 11.5 Å². The van der Waals surface area contributed by atoms with Gasteiger partial charge in [0.25, 0.3) is 0 Å². The van der Waals surface area contributed by atoms with Gasteiger partial charge in [0.1, 0.15) is 11.6 Å². The fourth-order valence-corrected chi connectivity index (χ4v) is 6.94. The quantitative estimate of drug-likeness (QED) is 0.565. The monoisotopic (exact) mass is 435 g/mol. The number of ketones is 1. The molecule has 5 atom stereocenters. The van der Waals surface area contributed by atoms with Crippen molar-refractivity contribution in [2.24, 2.45) is 5.92 Å².